The maximum Gasteiger partial charge on any atom is 0.340 e. The van der Waals surface area contributed by atoms with Gasteiger partial charge in [0.2, 0.25) is 0 Å². The van der Waals surface area contributed by atoms with Crippen LogP contribution in [-0.4, -0.2) is 35.5 Å². The normalized spacial score (nSPS) is 11.8. The fraction of sp³-hybridized carbons (Fsp3) is 0.308. The van der Waals surface area contributed by atoms with E-state index in [1.165, 1.54) is 0 Å². The van der Waals surface area contributed by atoms with Gasteiger partial charge in [0, 0.05) is 5.39 Å². The van der Waals surface area contributed by atoms with E-state index in [2.05, 4.69) is 10.3 Å². The lowest BCUT2D eigenvalue weighted by Crippen LogP contribution is -2.45. The molecule has 34 heavy (non-hydrogen) atoms. The molecule has 0 saturated heterocycles. The number of fused-ring (bicyclic) bond motifs is 1. The summed E-state index contributed by atoms with van der Waals surface area (Å²) in [6.07, 6.45) is 0. The third-order valence-electron chi connectivity index (χ3n) is 5.38. The lowest BCUT2D eigenvalue weighted by atomic mass is 10.0. The molecule has 1 atom stereocenters. The van der Waals surface area contributed by atoms with Gasteiger partial charge >= 0.3 is 11.9 Å². The molecule has 0 fully saturated rings. The van der Waals surface area contributed by atoms with Crippen LogP contribution >= 0.6 is 11.6 Å². The number of pyridine rings is 1. The van der Waals surface area contributed by atoms with Crippen molar-refractivity contribution < 1.29 is 23.9 Å². The number of esters is 2. The van der Waals surface area contributed by atoms with Gasteiger partial charge in [0.05, 0.1) is 34.0 Å². The second kappa shape index (κ2) is 11.1. The van der Waals surface area contributed by atoms with E-state index in [9.17, 15) is 14.4 Å². The summed E-state index contributed by atoms with van der Waals surface area (Å²) in [5.41, 5.74) is 2.20. The molecule has 1 N–H and O–H groups in total. The lowest BCUT2D eigenvalue weighted by Gasteiger charge is -2.21. The highest BCUT2D eigenvalue weighted by Crippen LogP contribution is 2.24. The molecule has 0 aliphatic carbocycles. The maximum atomic E-state index is 13.0. The van der Waals surface area contributed by atoms with Gasteiger partial charge in [-0.25, -0.2) is 14.6 Å². The van der Waals surface area contributed by atoms with Crippen molar-refractivity contribution in [3.63, 3.8) is 0 Å². The van der Waals surface area contributed by atoms with E-state index in [0.29, 0.717) is 16.8 Å². The molecule has 0 aliphatic heterocycles. The van der Waals surface area contributed by atoms with Crippen LogP contribution < -0.4 is 5.32 Å². The molecular formula is C26H27ClN2O5. The van der Waals surface area contributed by atoms with Crippen LogP contribution in [0.4, 0.5) is 0 Å². The Balaban J connectivity index is 1.85. The Hall–Kier alpha value is -3.45. The largest absolute Gasteiger partial charge is 0.462 e. The van der Waals surface area contributed by atoms with Crippen LogP contribution in [-0.2, 0) is 20.9 Å². The van der Waals surface area contributed by atoms with Crippen molar-refractivity contribution in [2.24, 2.45) is 5.92 Å². The van der Waals surface area contributed by atoms with Crippen molar-refractivity contribution in [2.45, 2.75) is 40.3 Å². The van der Waals surface area contributed by atoms with Crippen LogP contribution in [0.25, 0.3) is 10.9 Å². The first-order valence-corrected chi connectivity index (χ1v) is 11.4. The Bertz CT molecular complexity index is 1230. The monoisotopic (exact) mass is 482 g/mol. The fourth-order valence-corrected chi connectivity index (χ4v) is 3.83. The molecule has 1 aromatic heterocycles. The van der Waals surface area contributed by atoms with Gasteiger partial charge in [-0.1, -0.05) is 55.8 Å². The highest BCUT2D eigenvalue weighted by molar-refractivity contribution is 6.33. The number of hydrogen-bond acceptors (Lipinski definition) is 6. The first-order valence-electron chi connectivity index (χ1n) is 11.0. The van der Waals surface area contributed by atoms with Crippen molar-refractivity contribution in [3.05, 3.63) is 75.9 Å². The van der Waals surface area contributed by atoms with Crippen LogP contribution in [0.15, 0.2) is 48.5 Å². The average Bonchev–Trinajstić information content (AvgIpc) is 2.81. The molecule has 0 radical (unpaired) electrons. The summed E-state index contributed by atoms with van der Waals surface area (Å²) in [5.74, 6) is -1.91. The highest BCUT2D eigenvalue weighted by Gasteiger charge is 2.28. The Labute approximate surface area is 203 Å². The molecule has 2 aromatic carbocycles. The summed E-state index contributed by atoms with van der Waals surface area (Å²) in [6.45, 7) is 7.07. The average molecular weight is 483 g/mol. The van der Waals surface area contributed by atoms with Gasteiger partial charge in [0.15, 0.2) is 0 Å². The molecule has 0 saturated carbocycles. The van der Waals surface area contributed by atoms with Crippen molar-refractivity contribution in [3.8, 4) is 0 Å². The zero-order valence-corrected chi connectivity index (χ0v) is 20.3. The summed E-state index contributed by atoms with van der Waals surface area (Å²) >= 11 is 6.11. The second-order valence-corrected chi connectivity index (χ2v) is 8.49. The number of amides is 1. The summed E-state index contributed by atoms with van der Waals surface area (Å²) in [5, 5.41) is 3.79. The van der Waals surface area contributed by atoms with E-state index in [1.54, 1.807) is 45.0 Å². The lowest BCUT2D eigenvalue weighted by molar-refractivity contribution is -0.148. The van der Waals surface area contributed by atoms with Gasteiger partial charge in [-0.3, -0.25) is 4.79 Å². The van der Waals surface area contributed by atoms with E-state index in [-0.39, 0.29) is 35.3 Å². The molecule has 0 spiro atoms. The van der Waals surface area contributed by atoms with E-state index in [4.69, 9.17) is 21.1 Å². The molecule has 3 aromatic rings. The maximum absolute atomic E-state index is 13.0. The smallest absolute Gasteiger partial charge is 0.340 e. The number of carbonyl (C=O) groups is 3. The topological polar surface area (TPSA) is 94.6 Å². The predicted octanol–water partition coefficient (Wildman–Crippen LogP) is 4.87. The first kappa shape index (κ1) is 25.2. The number of carbonyl (C=O) groups excluding carboxylic acids is 3. The molecule has 1 amide bonds. The van der Waals surface area contributed by atoms with Gasteiger partial charge in [-0.15, -0.1) is 0 Å². The Morgan fingerprint density at radius 1 is 1.03 bits per heavy atom. The SMILES string of the molecule is CCOC(=O)c1c(COC(=O)[C@@H](NC(=O)c2ccccc2Cl)C(C)C)nc2ccccc2c1C. The van der Waals surface area contributed by atoms with Crippen LogP contribution in [0.1, 0.15) is 52.7 Å². The number of nitrogens with one attached hydrogen (secondary N) is 1. The van der Waals surface area contributed by atoms with Crippen molar-refractivity contribution in [1.82, 2.24) is 10.3 Å². The number of rotatable bonds is 8. The Morgan fingerprint density at radius 3 is 2.38 bits per heavy atom. The van der Waals surface area contributed by atoms with Gasteiger partial charge in [-0.2, -0.15) is 0 Å². The number of ether oxygens (including phenoxy) is 2. The zero-order chi connectivity index (χ0) is 24.8. The second-order valence-electron chi connectivity index (χ2n) is 8.08. The zero-order valence-electron chi connectivity index (χ0n) is 19.6. The number of para-hydroxylation sites is 1. The minimum absolute atomic E-state index is 0.202. The quantitative estimate of drug-likeness (QED) is 0.460. The van der Waals surface area contributed by atoms with E-state index in [0.717, 1.165) is 5.39 Å². The summed E-state index contributed by atoms with van der Waals surface area (Å²) < 4.78 is 10.7. The van der Waals surface area contributed by atoms with Crippen LogP contribution in [0.5, 0.6) is 0 Å². The molecular weight excluding hydrogens is 456 g/mol. The third-order valence-corrected chi connectivity index (χ3v) is 5.71. The summed E-state index contributed by atoms with van der Waals surface area (Å²) in [4.78, 5) is 42.9. The van der Waals surface area contributed by atoms with Gasteiger partial charge in [-0.05, 0) is 43.5 Å². The molecule has 0 unspecified atom stereocenters. The molecule has 7 nitrogen and oxygen atoms in total. The summed E-state index contributed by atoms with van der Waals surface area (Å²) in [6, 6.07) is 13.1. The summed E-state index contributed by atoms with van der Waals surface area (Å²) in [7, 11) is 0. The fourth-order valence-electron chi connectivity index (χ4n) is 3.61. The van der Waals surface area contributed by atoms with E-state index < -0.39 is 23.9 Å². The predicted molar refractivity (Wildman–Crippen MR) is 130 cm³/mol. The minimum atomic E-state index is -0.920. The Kier molecular flexibility index (Phi) is 8.23. The van der Waals surface area contributed by atoms with Gasteiger partial charge in [0.25, 0.3) is 5.91 Å². The molecule has 8 heteroatoms. The molecule has 1 heterocycles. The van der Waals surface area contributed by atoms with Gasteiger partial charge < -0.3 is 14.8 Å². The van der Waals surface area contributed by atoms with Crippen molar-refractivity contribution in [2.75, 3.05) is 6.61 Å². The third kappa shape index (κ3) is 5.54. The number of hydrogen-bond donors (Lipinski definition) is 1. The van der Waals surface area contributed by atoms with Crippen LogP contribution in [0.2, 0.25) is 5.02 Å². The van der Waals surface area contributed by atoms with E-state index in [1.807, 2.05) is 31.2 Å². The molecule has 178 valence electrons. The molecule has 0 bridgehead atoms. The van der Waals surface area contributed by atoms with Crippen LogP contribution in [0, 0.1) is 12.8 Å². The van der Waals surface area contributed by atoms with E-state index >= 15 is 0 Å². The van der Waals surface area contributed by atoms with Gasteiger partial charge in [0.1, 0.15) is 12.6 Å². The number of aryl methyl sites for hydroxylation is 1. The minimum Gasteiger partial charge on any atom is -0.462 e. The molecule has 0 aliphatic rings. The van der Waals surface area contributed by atoms with Crippen molar-refractivity contribution >= 4 is 40.3 Å². The number of benzene rings is 2. The number of aromatic nitrogens is 1. The molecule has 3 rings (SSSR count). The van der Waals surface area contributed by atoms with Crippen LogP contribution in [0.3, 0.4) is 0 Å². The number of nitrogens with zero attached hydrogens (tertiary/aromatic N) is 1. The first-order chi connectivity index (χ1) is 16.2. The Morgan fingerprint density at radius 2 is 1.71 bits per heavy atom. The number of halogens is 1. The standard InChI is InChI=1S/C26H27ClN2O5/c1-5-33-25(31)22-16(4)17-10-7-9-13-20(17)28-21(22)14-34-26(32)23(15(2)3)29-24(30)18-11-6-8-12-19(18)27/h6-13,15,23H,5,14H2,1-4H3,(H,29,30)/t23-/m0/s1. The van der Waals surface area contributed by atoms with Crippen molar-refractivity contribution in [1.29, 1.82) is 0 Å². The highest BCUT2D eigenvalue weighted by atomic mass is 35.5.